The lowest BCUT2D eigenvalue weighted by Gasteiger charge is -2.19. The Kier molecular flexibility index (Phi) is 6.62. The number of para-hydroxylation sites is 1. The second kappa shape index (κ2) is 11.8. The van der Waals surface area contributed by atoms with Gasteiger partial charge in [-0.15, -0.1) is 0 Å². The van der Waals surface area contributed by atoms with Crippen LogP contribution in [0.3, 0.4) is 0 Å². The smallest absolute Gasteiger partial charge is 0.135 e. The van der Waals surface area contributed by atoms with E-state index in [4.69, 9.17) is 4.42 Å². The molecule has 53 heavy (non-hydrogen) atoms. The Balaban J connectivity index is 1.15. The van der Waals surface area contributed by atoms with Crippen molar-refractivity contribution in [2.45, 2.75) is 0 Å². The third kappa shape index (κ3) is 4.71. The summed E-state index contributed by atoms with van der Waals surface area (Å²) in [5, 5.41) is 12.3. The standard InChI is InChI=1S/C52H32O/c1-2-14-35-30-38(25-24-33(35)12-1)52-45-21-7-5-19-43(45)51(44-20-6-8-22-46(44)52)37-16-11-15-36(31-37)41-28-26-34-13-3-4-17-40(34)50(41)39-27-29-49-47(32-39)42-18-9-10-23-48(42)53-49/h1-32H. The molecule has 0 saturated heterocycles. The molecular formula is C52H32O. The Labute approximate surface area is 307 Å². The van der Waals surface area contributed by atoms with E-state index in [-0.39, 0.29) is 0 Å². The van der Waals surface area contributed by atoms with Crippen LogP contribution in [0.5, 0.6) is 0 Å². The van der Waals surface area contributed by atoms with Crippen LogP contribution in [0.4, 0.5) is 0 Å². The zero-order valence-electron chi connectivity index (χ0n) is 28.9. The summed E-state index contributed by atoms with van der Waals surface area (Å²) in [6.45, 7) is 0. The van der Waals surface area contributed by atoms with Crippen molar-refractivity contribution in [3.63, 3.8) is 0 Å². The highest BCUT2D eigenvalue weighted by atomic mass is 16.3. The van der Waals surface area contributed by atoms with Crippen LogP contribution in [-0.4, -0.2) is 0 Å². The quantitative estimate of drug-likeness (QED) is 0.170. The summed E-state index contributed by atoms with van der Waals surface area (Å²) in [5.74, 6) is 0. The molecule has 1 nitrogen and oxygen atoms in total. The summed E-state index contributed by atoms with van der Waals surface area (Å²) < 4.78 is 6.24. The fourth-order valence-corrected chi connectivity index (χ4v) is 8.64. The molecule has 0 radical (unpaired) electrons. The zero-order chi connectivity index (χ0) is 34.9. The van der Waals surface area contributed by atoms with Gasteiger partial charge in [0.25, 0.3) is 0 Å². The molecule has 0 saturated carbocycles. The molecule has 0 atom stereocenters. The lowest BCUT2D eigenvalue weighted by atomic mass is 9.84. The van der Waals surface area contributed by atoms with Gasteiger partial charge in [0.2, 0.25) is 0 Å². The van der Waals surface area contributed by atoms with E-state index in [1.54, 1.807) is 0 Å². The maximum absolute atomic E-state index is 6.24. The fourth-order valence-electron chi connectivity index (χ4n) is 8.64. The molecule has 1 aromatic heterocycles. The highest BCUT2D eigenvalue weighted by Gasteiger charge is 2.19. The Morgan fingerprint density at radius 3 is 1.49 bits per heavy atom. The van der Waals surface area contributed by atoms with Crippen molar-refractivity contribution in [2.24, 2.45) is 0 Å². The summed E-state index contributed by atoms with van der Waals surface area (Å²) in [4.78, 5) is 0. The normalized spacial score (nSPS) is 11.8. The highest BCUT2D eigenvalue weighted by Crippen LogP contribution is 2.46. The highest BCUT2D eigenvalue weighted by molar-refractivity contribution is 6.22. The van der Waals surface area contributed by atoms with Crippen molar-refractivity contribution in [1.82, 2.24) is 0 Å². The Morgan fingerprint density at radius 1 is 0.245 bits per heavy atom. The number of benzene rings is 10. The van der Waals surface area contributed by atoms with Gasteiger partial charge in [-0.25, -0.2) is 0 Å². The van der Waals surface area contributed by atoms with E-state index >= 15 is 0 Å². The molecule has 0 aliphatic carbocycles. The van der Waals surface area contributed by atoms with Crippen LogP contribution in [0.1, 0.15) is 0 Å². The van der Waals surface area contributed by atoms with Crippen LogP contribution in [0.15, 0.2) is 199 Å². The first-order valence-electron chi connectivity index (χ1n) is 18.3. The molecule has 1 heterocycles. The monoisotopic (exact) mass is 672 g/mol. The number of furan rings is 1. The second-order valence-electron chi connectivity index (χ2n) is 14.0. The maximum atomic E-state index is 6.24. The molecule has 246 valence electrons. The lowest BCUT2D eigenvalue weighted by molar-refractivity contribution is 0.669. The molecule has 11 rings (SSSR count). The zero-order valence-corrected chi connectivity index (χ0v) is 28.9. The summed E-state index contributed by atoms with van der Waals surface area (Å²) in [6.07, 6.45) is 0. The van der Waals surface area contributed by atoms with Gasteiger partial charge in [-0.1, -0.05) is 164 Å². The van der Waals surface area contributed by atoms with Crippen molar-refractivity contribution in [1.29, 1.82) is 0 Å². The van der Waals surface area contributed by atoms with Crippen LogP contribution >= 0.6 is 0 Å². The van der Waals surface area contributed by atoms with Crippen molar-refractivity contribution >= 4 is 65.0 Å². The third-order valence-corrected chi connectivity index (χ3v) is 11.0. The summed E-state index contributed by atoms with van der Waals surface area (Å²) in [6, 6.07) is 70.7. The Morgan fingerprint density at radius 2 is 0.755 bits per heavy atom. The molecule has 0 bridgehead atoms. The molecule has 0 amide bonds. The van der Waals surface area contributed by atoms with E-state index in [1.807, 2.05) is 12.1 Å². The first-order chi connectivity index (χ1) is 26.3. The first kappa shape index (κ1) is 29.7. The number of hydrogen-bond donors (Lipinski definition) is 0. The van der Waals surface area contributed by atoms with Gasteiger partial charge in [-0.2, -0.15) is 0 Å². The number of rotatable bonds is 4. The molecule has 0 N–H and O–H groups in total. The fraction of sp³-hybridized carbons (Fsp3) is 0. The summed E-state index contributed by atoms with van der Waals surface area (Å²) >= 11 is 0. The van der Waals surface area contributed by atoms with Gasteiger partial charge in [0.1, 0.15) is 11.2 Å². The molecule has 0 unspecified atom stereocenters. The Hall–Kier alpha value is -6.96. The molecule has 0 spiro atoms. The van der Waals surface area contributed by atoms with Gasteiger partial charge in [0, 0.05) is 10.8 Å². The van der Waals surface area contributed by atoms with E-state index in [1.165, 1.54) is 87.6 Å². The minimum atomic E-state index is 0.907. The van der Waals surface area contributed by atoms with Crippen LogP contribution in [-0.2, 0) is 0 Å². The predicted molar refractivity (Wildman–Crippen MR) is 225 cm³/mol. The van der Waals surface area contributed by atoms with Crippen LogP contribution in [0.2, 0.25) is 0 Å². The van der Waals surface area contributed by atoms with Crippen LogP contribution in [0.25, 0.3) is 110 Å². The van der Waals surface area contributed by atoms with Crippen LogP contribution < -0.4 is 0 Å². The maximum Gasteiger partial charge on any atom is 0.135 e. The summed E-state index contributed by atoms with van der Waals surface area (Å²) in [7, 11) is 0. The second-order valence-corrected chi connectivity index (χ2v) is 14.0. The average molecular weight is 673 g/mol. The minimum Gasteiger partial charge on any atom is -0.456 e. The van der Waals surface area contributed by atoms with E-state index in [9.17, 15) is 0 Å². The van der Waals surface area contributed by atoms with Gasteiger partial charge in [0.15, 0.2) is 0 Å². The van der Waals surface area contributed by atoms with Gasteiger partial charge >= 0.3 is 0 Å². The van der Waals surface area contributed by atoms with E-state index < -0.39 is 0 Å². The lowest BCUT2D eigenvalue weighted by Crippen LogP contribution is -1.92. The molecule has 11 aromatic rings. The van der Waals surface area contributed by atoms with E-state index in [2.05, 4.69) is 182 Å². The molecule has 0 aliphatic heterocycles. The molecule has 0 fully saturated rings. The molecule has 10 aromatic carbocycles. The van der Waals surface area contributed by atoms with Crippen molar-refractivity contribution in [3.05, 3.63) is 194 Å². The SMILES string of the molecule is c1cc(-c2ccc3ccccc3c2-c2ccc3oc4ccccc4c3c2)cc(-c2c3ccccc3c(-c3ccc4ccccc4c3)c3ccccc23)c1. The topological polar surface area (TPSA) is 13.1 Å². The van der Waals surface area contributed by atoms with Crippen LogP contribution in [0, 0.1) is 0 Å². The molecule has 0 aliphatic rings. The van der Waals surface area contributed by atoms with Gasteiger partial charge < -0.3 is 4.42 Å². The Bertz CT molecular complexity index is 3180. The average Bonchev–Trinajstić information content (AvgIpc) is 3.60. The van der Waals surface area contributed by atoms with E-state index in [0.717, 1.165) is 21.9 Å². The van der Waals surface area contributed by atoms with Gasteiger partial charge in [-0.3, -0.25) is 0 Å². The molecule has 1 heteroatoms. The van der Waals surface area contributed by atoms with Crippen molar-refractivity contribution < 1.29 is 4.42 Å². The minimum absolute atomic E-state index is 0.907. The third-order valence-electron chi connectivity index (χ3n) is 11.0. The first-order valence-corrected chi connectivity index (χ1v) is 18.3. The van der Waals surface area contributed by atoms with Crippen molar-refractivity contribution in [2.75, 3.05) is 0 Å². The number of fused-ring (bicyclic) bond motifs is 7. The van der Waals surface area contributed by atoms with Crippen molar-refractivity contribution in [3.8, 4) is 44.5 Å². The van der Waals surface area contributed by atoms with E-state index in [0.29, 0.717) is 0 Å². The summed E-state index contributed by atoms with van der Waals surface area (Å²) in [5.41, 5.74) is 11.6. The van der Waals surface area contributed by atoms with Gasteiger partial charge in [-0.05, 0) is 118 Å². The molecular weight excluding hydrogens is 641 g/mol. The predicted octanol–water partition coefficient (Wildman–Crippen LogP) is 14.9. The number of hydrogen-bond acceptors (Lipinski definition) is 1. The van der Waals surface area contributed by atoms with Gasteiger partial charge in [0.05, 0.1) is 0 Å². The largest absolute Gasteiger partial charge is 0.456 e.